The van der Waals surface area contributed by atoms with Crippen LogP contribution in [-0.2, 0) is 0 Å². The SMILES string of the molecule is Cc1ccc(C(=O)N2CCCC(C3CCCN3)C2)c(C)c1. The van der Waals surface area contributed by atoms with E-state index in [1.54, 1.807) is 0 Å². The normalized spacial score (nSPS) is 26.1. The van der Waals surface area contributed by atoms with Crippen molar-refractivity contribution in [2.24, 2.45) is 5.92 Å². The van der Waals surface area contributed by atoms with Gasteiger partial charge in [-0.25, -0.2) is 0 Å². The fourth-order valence-electron chi connectivity index (χ4n) is 3.86. The summed E-state index contributed by atoms with van der Waals surface area (Å²) in [6.07, 6.45) is 4.95. The van der Waals surface area contributed by atoms with Crippen LogP contribution in [0, 0.1) is 19.8 Å². The van der Waals surface area contributed by atoms with Gasteiger partial charge in [0.15, 0.2) is 0 Å². The monoisotopic (exact) mass is 286 g/mol. The summed E-state index contributed by atoms with van der Waals surface area (Å²) in [5, 5.41) is 3.61. The molecule has 2 fully saturated rings. The number of nitrogens with zero attached hydrogens (tertiary/aromatic N) is 1. The summed E-state index contributed by atoms with van der Waals surface area (Å²) in [4.78, 5) is 14.9. The fourth-order valence-corrected chi connectivity index (χ4v) is 3.86. The minimum Gasteiger partial charge on any atom is -0.338 e. The van der Waals surface area contributed by atoms with Gasteiger partial charge in [-0.05, 0) is 63.6 Å². The van der Waals surface area contributed by atoms with Crippen LogP contribution in [0.25, 0.3) is 0 Å². The van der Waals surface area contributed by atoms with Crippen molar-refractivity contribution in [3.63, 3.8) is 0 Å². The molecule has 2 saturated heterocycles. The van der Waals surface area contributed by atoms with E-state index in [0.29, 0.717) is 12.0 Å². The highest BCUT2D eigenvalue weighted by Gasteiger charge is 2.31. The van der Waals surface area contributed by atoms with Crippen molar-refractivity contribution < 1.29 is 4.79 Å². The first-order valence-corrected chi connectivity index (χ1v) is 8.25. The second kappa shape index (κ2) is 6.18. The van der Waals surface area contributed by atoms with E-state index >= 15 is 0 Å². The van der Waals surface area contributed by atoms with Crippen LogP contribution in [0.1, 0.15) is 47.2 Å². The van der Waals surface area contributed by atoms with Crippen LogP contribution in [0.3, 0.4) is 0 Å². The van der Waals surface area contributed by atoms with Gasteiger partial charge in [0, 0.05) is 24.7 Å². The van der Waals surface area contributed by atoms with Crippen molar-refractivity contribution in [1.82, 2.24) is 10.2 Å². The number of hydrogen-bond acceptors (Lipinski definition) is 2. The quantitative estimate of drug-likeness (QED) is 0.906. The third-order valence-corrected chi connectivity index (χ3v) is 5.02. The Hall–Kier alpha value is -1.35. The average Bonchev–Trinajstić information content (AvgIpc) is 3.01. The van der Waals surface area contributed by atoms with Gasteiger partial charge in [-0.3, -0.25) is 4.79 Å². The smallest absolute Gasteiger partial charge is 0.254 e. The highest BCUT2D eigenvalue weighted by Crippen LogP contribution is 2.26. The minimum atomic E-state index is 0.218. The van der Waals surface area contributed by atoms with E-state index in [4.69, 9.17) is 0 Å². The van der Waals surface area contributed by atoms with Crippen molar-refractivity contribution >= 4 is 5.91 Å². The lowest BCUT2D eigenvalue weighted by Gasteiger charge is -2.36. The summed E-state index contributed by atoms with van der Waals surface area (Å²) >= 11 is 0. The number of nitrogens with one attached hydrogen (secondary N) is 1. The predicted octanol–water partition coefficient (Wildman–Crippen LogP) is 2.91. The lowest BCUT2D eigenvalue weighted by atomic mass is 9.89. The lowest BCUT2D eigenvalue weighted by molar-refractivity contribution is 0.0650. The van der Waals surface area contributed by atoms with Crippen molar-refractivity contribution in [3.05, 3.63) is 34.9 Å². The number of aryl methyl sites for hydroxylation is 2. The van der Waals surface area contributed by atoms with Gasteiger partial charge in [0.25, 0.3) is 5.91 Å². The molecule has 0 spiro atoms. The van der Waals surface area contributed by atoms with Gasteiger partial charge in [0.2, 0.25) is 0 Å². The van der Waals surface area contributed by atoms with Gasteiger partial charge in [-0.15, -0.1) is 0 Å². The zero-order valence-electron chi connectivity index (χ0n) is 13.2. The van der Waals surface area contributed by atoms with E-state index in [-0.39, 0.29) is 5.91 Å². The van der Waals surface area contributed by atoms with E-state index in [9.17, 15) is 4.79 Å². The van der Waals surface area contributed by atoms with Crippen molar-refractivity contribution in [1.29, 1.82) is 0 Å². The van der Waals surface area contributed by atoms with Crippen LogP contribution in [0.15, 0.2) is 18.2 Å². The largest absolute Gasteiger partial charge is 0.338 e. The number of benzene rings is 1. The second-order valence-electron chi connectivity index (χ2n) is 6.67. The Bertz CT molecular complexity index is 520. The Morgan fingerprint density at radius 1 is 1.24 bits per heavy atom. The van der Waals surface area contributed by atoms with Gasteiger partial charge >= 0.3 is 0 Å². The molecule has 0 bridgehead atoms. The number of amides is 1. The third kappa shape index (κ3) is 3.13. The molecule has 2 aliphatic heterocycles. The molecule has 0 radical (unpaired) electrons. The summed E-state index contributed by atoms with van der Waals surface area (Å²) in [6.45, 7) is 7.09. The number of rotatable bonds is 2. The number of piperidine rings is 1. The van der Waals surface area contributed by atoms with Crippen LogP contribution in [-0.4, -0.2) is 36.5 Å². The molecule has 0 aromatic heterocycles. The van der Waals surface area contributed by atoms with E-state index in [1.807, 2.05) is 19.1 Å². The second-order valence-corrected chi connectivity index (χ2v) is 6.67. The third-order valence-electron chi connectivity index (χ3n) is 5.02. The first-order valence-electron chi connectivity index (χ1n) is 8.25. The van der Waals surface area contributed by atoms with E-state index in [0.717, 1.165) is 37.2 Å². The topological polar surface area (TPSA) is 32.3 Å². The van der Waals surface area contributed by atoms with Crippen LogP contribution in [0.2, 0.25) is 0 Å². The van der Waals surface area contributed by atoms with Crippen molar-refractivity contribution in [2.45, 2.75) is 45.6 Å². The van der Waals surface area contributed by atoms with Crippen molar-refractivity contribution in [2.75, 3.05) is 19.6 Å². The number of likely N-dealkylation sites (tertiary alicyclic amines) is 1. The molecule has 1 aromatic rings. The Labute approximate surface area is 127 Å². The Morgan fingerprint density at radius 2 is 2.10 bits per heavy atom. The zero-order valence-corrected chi connectivity index (χ0v) is 13.2. The minimum absolute atomic E-state index is 0.218. The van der Waals surface area contributed by atoms with Gasteiger partial charge in [-0.2, -0.15) is 0 Å². The molecular weight excluding hydrogens is 260 g/mol. The van der Waals surface area contributed by atoms with Gasteiger partial charge in [0.1, 0.15) is 0 Å². The Kier molecular flexibility index (Phi) is 4.29. The number of carbonyl (C=O) groups is 1. The van der Waals surface area contributed by atoms with E-state index in [1.165, 1.54) is 24.8 Å². The van der Waals surface area contributed by atoms with Gasteiger partial charge in [0.05, 0.1) is 0 Å². The zero-order chi connectivity index (χ0) is 14.8. The Balaban J connectivity index is 1.71. The maximum Gasteiger partial charge on any atom is 0.254 e. The highest BCUT2D eigenvalue weighted by atomic mass is 16.2. The molecular formula is C18H26N2O. The van der Waals surface area contributed by atoms with Gasteiger partial charge < -0.3 is 10.2 Å². The summed E-state index contributed by atoms with van der Waals surface area (Å²) < 4.78 is 0. The molecule has 1 amide bonds. The molecule has 0 saturated carbocycles. The van der Waals surface area contributed by atoms with Crippen LogP contribution < -0.4 is 5.32 Å². The molecule has 1 N–H and O–H groups in total. The summed E-state index contributed by atoms with van der Waals surface area (Å²) in [6, 6.07) is 6.76. The van der Waals surface area contributed by atoms with Crippen LogP contribution >= 0.6 is 0 Å². The molecule has 2 unspecified atom stereocenters. The highest BCUT2D eigenvalue weighted by molar-refractivity contribution is 5.95. The molecule has 2 aliphatic rings. The summed E-state index contributed by atoms with van der Waals surface area (Å²) in [5.74, 6) is 0.853. The number of carbonyl (C=O) groups excluding carboxylic acids is 1. The molecule has 3 rings (SSSR count). The molecule has 21 heavy (non-hydrogen) atoms. The molecule has 1 aromatic carbocycles. The fraction of sp³-hybridized carbons (Fsp3) is 0.611. The predicted molar refractivity (Wildman–Crippen MR) is 85.6 cm³/mol. The molecule has 3 nitrogen and oxygen atoms in total. The lowest BCUT2D eigenvalue weighted by Crippen LogP contribution is -2.46. The molecule has 0 aliphatic carbocycles. The maximum absolute atomic E-state index is 12.8. The molecule has 2 atom stereocenters. The molecule has 114 valence electrons. The van der Waals surface area contributed by atoms with Crippen LogP contribution in [0.4, 0.5) is 0 Å². The summed E-state index contributed by atoms with van der Waals surface area (Å²) in [7, 11) is 0. The maximum atomic E-state index is 12.8. The number of hydrogen-bond donors (Lipinski definition) is 1. The van der Waals surface area contributed by atoms with Crippen molar-refractivity contribution in [3.8, 4) is 0 Å². The molecule has 2 heterocycles. The average molecular weight is 286 g/mol. The standard InChI is InChI=1S/C18H26N2O/c1-13-7-8-16(14(2)11-13)18(21)20-10-4-5-15(12-20)17-6-3-9-19-17/h7-8,11,15,17,19H,3-6,9-10,12H2,1-2H3. The van der Waals surface area contributed by atoms with Crippen LogP contribution in [0.5, 0.6) is 0 Å². The first kappa shape index (κ1) is 14.6. The first-order chi connectivity index (χ1) is 10.1. The van der Waals surface area contributed by atoms with E-state index < -0.39 is 0 Å². The molecule has 3 heteroatoms. The summed E-state index contributed by atoms with van der Waals surface area (Å²) in [5.41, 5.74) is 3.19. The Morgan fingerprint density at radius 3 is 2.81 bits per heavy atom. The van der Waals surface area contributed by atoms with E-state index in [2.05, 4.69) is 23.2 Å². The van der Waals surface area contributed by atoms with Gasteiger partial charge in [-0.1, -0.05) is 17.7 Å².